The predicted octanol–water partition coefficient (Wildman–Crippen LogP) is 3.17. The summed E-state index contributed by atoms with van der Waals surface area (Å²) in [4.78, 5) is 0. The third-order valence-corrected chi connectivity index (χ3v) is 5.21. The SMILES string of the molecule is COc1cccc(C(CC2CC3CCC2C3)NN)c1F. The molecule has 2 bridgehead atoms. The zero-order valence-corrected chi connectivity index (χ0v) is 11.9. The van der Waals surface area contributed by atoms with Gasteiger partial charge in [-0.2, -0.15) is 0 Å². The van der Waals surface area contributed by atoms with E-state index in [1.807, 2.05) is 6.07 Å². The second-order valence-electron chi connectivity index (χ2n) is 6.25. The number of rotatable bonds is 5. The van der Waals surface area contributed by atoms with E-state index >= 15 is 0 Å². The maximum Gasteiger partial charge on any atom is 0.169 e. The minimum atomic E-state index is -0.291. The van der Waals surface area contributed by atoms with Gasteiger partial charge in [0.05, 0.1) is 7.11 Å². The Morgan fingerprint density at radius 2 is 2.25 bits per heavy atom. The largest absolute Gasteiger partial charge is 0.494 e. The molecule has 0 heterocycles. The second-order valence-corrected chi connectivity index (χ2v) is 6.25. The summed E-state index contributed by atoms with van der Waals surface area (Å²) in [6.07, 6.45) is 6.29. The van der Waals surface area contributed by atoms with Crippen LogP contribution in [0.4, 0.5) is 4.39 Å². The molecule has 0 amide bonds. The van der Waals surface area contributed by atoms with Gasteiger partial charge in [-0.15, -0.1) is 0 Å². The summed E-state index contributed by atoms with van der Waals surface area (Å²) in [6.45, 7) is 0. The number of hydrogen-bond acceptors (Lipinski definition) is 3. The average Bonchev–Trinajstić information content (AvgIpc) is 3.08. The molecule has 1 aromatic rings. The molecular weight excluding hydrogens is 255 g/mol. The Bertz CT molecular complexity index is 480. The first kappa shape index (κ1) is 13.8. The lowest BCUT2D eigenvalue weighted by Gasteiger charge is -2.27. The van der Waals surface area contributed by atoms with E-state index in [1.54, 1.807) is 12.1 Å². The van der Waals surface area contributed by atoms with Crippen LogP contribution in [-0.4, -0.2) is 7.11 Å². The first-order chi connectivity index (χ1) is 9.72. The van der Waals surface area contributed by atoms with E-state index in [0.717, 1.165) is 18.3 Å². The maximum absolute atomic E-state index is 14.4. The fourth-order valence-corrected chi connectivity index (χ4v) is 4.21. The number of nitrogens with one attached hydrogen (secondary N) is 1. The molecule has 0 aromatic heterocycles. The standard InChI is InChI=1S/C16H23FN2O/c1-20-15-4-2-3-13(16(15)17)14(19-18)9-12-8-10-5-6-11(12)7-10/h2-4,10-12,14,19H,5-9,18H2,1H3. The summed E-state index contributed by atoms with van der Waals surface area (Å²) in [6, 6.07) is 5.14. The van der Waals surface area contributed by atoms with E-state index in [-0.39, 0.29) is 17.6 Å². The van der Waals surface area contributed by atoms with Gasteiger partial charge in [0.2, 0.25) is 0 Å². The van der Waals surface area contributed by atoms with Crippen LogP contribution in [0.5, 0.6) is 5.75 Å². The molecule has 20 heavy (non-hydrogen) atoms. The molecule has 1 aromatic carbocycles. The molecule has 110 valence electrons. The highest BCUT2D eigenvalue weighted by atomic mass is 19.1. The highest BCUT2D eigenvalue weighted by Crippen LogP contribution is 2.51. The van der Waals surface area contributed by atoms with Crippen LogP contribution in [0.1, 0.15) is 43.7 Å². The first-order valence-electron chi connectivity index (χ1n) is 7.51. The third kappa shape index (κ3) is 2.42. The number of nitrogens with two attached hydrogens (primary N) is 1. The molecule has 0 aliphatic heterocycles. The zero-order valence-electron chi connectivity index (χ0n) is 11.9. The number of halogens is 1. The summed E-state index contributed by atoms with van der Waals surface area (Å²) in [5.41, 5.74) is 3.42. The average molecular weight is 278 g/mol. The number of benzene rings is 1. The molecule has 2 saturated carbocycles. The normalized spacial score (nSPS) is 29.6. The Labute approximate surface area is 119 Å². The Hall–Kier alpha value is -1.13. The van der Waals surface area contributed by atoms with Crippen LogP contribution in [0, 0.1) is 23.6 Å². The lowest BCUT2D eigenvalue weighted by Crippen LogP contribution is -2.31. The van der Waals surface area contributed by atoms with Crippen LogP contribution >= 0.6 is 0 Å². The molecule has 3 N–H and O–H groups in total. The fourth-order valence-electron chi connectivity index (χ4n) is 4.21. The van der Waals surface area contributed by atoms with Gasteiger partial charge in [-0.25, -0.2) is 4.39 Å². The molecule has 4 atom stereocenters. The van der Waals surface area contributed by atoms with Crippen molar-refractivity contribution in [3.8, 4) is 5.75 Å². The Morgan fingerprint density at radius 3 is 2.85 bits per heavy atom. The van der Waals surface area contributed by atoms with Crippen molar-refractivity contribution in [3.63, 3.8) is 0 Å². The van der Waals surface area contributed by atoms with E-state index in [9.17, 15) is 4.39 Å². The molecule has 4 unspecified atom stereocenters. The third-order valence-electron chi connectivity index (χ3n) is 5.21. The molecule has 2 fully saturated rings. The van der Waals surface area contributed by atoms with E-state index in [2.05, 4.69) is 5.43 Å². The minimum absolute atomic E-state index is 0.130. The van der Waals surface area contributed by atoms with Crippen molar-refractivity contribution < 1.29 is 9.13 Å². The minimum Gasteiger partial charge on any atom is -0.494 e. The highest BCUT2D eigenvalue weighted by Gasteiger charge is 2.40. The summed E-state index contributed by atoms with van der Waals surface area (Å²) in [5.74, 6) is 8.09. The number of fused-ring (bicyclic) bond motifs is 2. The van der Waals surface area contributed by atoms with E-state index in [4.69, 9.17) is 10.6 Å². The van der Waals surface area contributed by atoms with Crippen LogP contribution in [0.15, 0.2) is 18.2 Å². The zero-order chi connectivity index (χ0) is 14.1. The molecular formula is C16H23FN2O. The molecule has 0 saturated heterocycles. The van der Waals surface area contributed by atoms with Gasteiger partial charge in [0.15, 0.2) is 11.6 Å². The highest BCUT2D eigenvalue weighted by molar-refractivity contribution is 5.33. The lowest BCUT2D eigenvalue weighted by atomic mass is 9.83. The fraction of sp³-hybridized carbons (Fsp3) is 0.625. The van der Waals surface area contributed by atoms with E-state index in [0.29, 0.717) is 11.5 Å². The molecule has 3 rings (SSSR count). The van der Waals surface area contributed by atoms with E-state index < -0.39 is 0 Å². The predicted molar refractivity (Wildman–Crippen MR) is 76.6 cm³/mol. The molecule has 4 heteroatoms. The Kier molecular flexibility index (Phi) is 3.94. The molecule has 0 spiro atoms. The number of methoxy groups -OCH3 is 1. The quantitative estimate of drug-likeness (QED) is 0.642. The molecule has 3 nitrogen and oxygen atoms in total. The van der Waals surface area contributed by atoms with Crippen molar-refractivity contribution in [3.05, 3.63) is 29.6 Å². The van der Waals surface area contributed by atoms with Gasteiger partial charge in [0.1, 0.15) is 0 Å². The summed E-state index contributed by atoms with van der Waals surface area (Å²) in [7, 11) is 1.49. The van der Waals surface area contributed by atoms with Crippen molar-refractivity contribution >= 4 is 0 Å². The molecule has 2 aliphatic carbocycles. The van der Waals surface area contributed by atoms with Crippen molar-refractivity contribution in [2.45, 2.75) is 38.1 Å². The van der Waals surface area contributed by atoms with Crippen LogP contribution < -0.4 is 16.0 Å². The van der Waals surface area contributed by atoms with Crippen molar-refractivity contribution in [1.29, 1.82) is 0 Å². The van der Waals surface area contributed by atoms with Crippen LogP contribution in [0.2, 0.25) is 0 Å². The summed E-state index contributed by atoms with van der Waals surface area (Å²) in [5, 5.41) is 0. The molecule has 0 radical (unpaired) electrons. The Balaban J connectivity index is 1.76. The topological polar surface area (TPSA) is 47.3 Å². The van der Waals surface area contributed by atoms with Crippen LogP contribution in [0.25, 0.3) is 0 Å². The van der Waals surface area contributed by atoms with Gasteiger partial charge in [0, 0.05) is 11.6 Å². The number of hydrazine groups is 1. The Morgan fingerprint density at radius 1 is 1.40 bits per heavy atom. The summed E-state index contributed by atoms with van der Waals surface area (Å²) >= 11 is 0. The van der Waals surface area contributed by atoms with Crippen LogP contribution in [-0.2, 0) is 0 Å². The van der Waals surface area contributed by atoms with Gasteiger partial charge in [-0.3, -0.25) is 11.3 Å². The van der Waals surface area contributed by atoms with Crippen molar-refractivity contribution in [2.75, 3.05) is 7.11 Å². The second kappa shape index (κ2) is 5.70. The van der Waals surface area contributed by atoms with Gasteiger partial charge < -0.3 is 4.74 Å². The lowest BCUT2D eigenvalue weighted by molar-refractivity contribution is 0.276. The first-order valence-corrected chi connectivity index (χ1v) is 7.51. The van der Waals surface area contributed by atoms with Gasteiger partial charge in [-0.1, -0.05) is 18.6 Å². The van der Waals surface area contributed by atoms with Gasteiger partial charge in [-0.05, 0) is 49.5 Å². The number of hydrogen-bond donors (Lipinski definition) is 2. The number of ether oxygens (including phenoxy) is 1. The van der Waals surface area contributed by atoms with Gasteiger partial charge in [0.25, 0.3) is 0 Å². The monoisotopic (exact) mass is 278 g/mol. The molecule has 2 aliphatic rings. The smallest absolute Gasteiger partial charge is 0.169 e. The van der Waals surface area contributed by atoms with E-state index in [1.165, 1.54) is 32.8 Å². The van der Waals surface area contributed by atoms with Gasteiger partial charge >= 0.3 is 0 Å². The van der Waals surface area contributed by atoms with Crippen molar-refractivity contribution in [2.24, 2.45) is 23.6 Å². The maximum atomic E-state index is 14.4. The summed E-state index contributed by atoms with van der Waals surface area (Å²) < 4.78 is 19.4. The van der Waals surface area contributed by atoms with Crippen LogP contribution in [0.3, 0.4) is 0 Å². The van der Waals surface area contributed by atoms with Crippen molar-refractivity contribution in [1.82, 2.24) is 5.43 Å².